The predicted octanol–water partition coefficient (Wildman–Crippen LogP) is 4.67. The highest BCUT2D eigenvalue weighted by atomic mass is 79.9. The monoisotopic (exact) mass is 250 g/mol. The van der Waals surface area contributed by atoms with Gasteiger partial charge >= 0.3 is 0 Å². The summed E-state index contributed by atoms with van der Waals surface area (Å²) in [5.74, 6) is 0. The topological polar surface area (TPSA) is 0 Å². The first kappa shape index (κ1) is 11.3. The van der Waals surface area contributed by atoms with Gasteiger partial charge in [-0.25, -0.2) is 0 Å². The molecule has 0 saturated heterocycles. The summed E-state index contributed by atoms with van der Waals surface area (Å²) in [5, 5.41) is 0. The zero-order chi connectivity index (χ0) is 10.4. The Kier molecular flexibility index (Phi) is 4.68. The highest BCUT2D eigenvalue weighted by molar-refractivity contribution is 9.11. The second-order valence-electron chi connectivity index (χ2n) is 3.17. The summed E-state index contributed by atoms with van der Waals surface area (Å²) >= 11 is 3.39. The van der Waals surface area contributed by atoms with Gasteiger partial charge < -0.3 is 0 Å². The number of allylic oxidation sites excluding steroid dienone is 9. The minimum Gasteiger partial charge on any atom is -0.0979 e. The van der Waals surface area contributed by atoms with E-state index >= 15 is 0 Å². The molecule has 0 saturated carbocycles. The fourth-order valence-corrected chi connectivity index (χ4v) is 1.37. The second-order valence-corrected chi connectivity index (χ2v) is 4.08. The molecule has 1 aliphatic rings. The molecule has 1 aliphatic carbocycles. The quantitative estimate of drug-likeness (QED) is 0.639. The van der Waals surface area contributed by atoms with E-state index in [1.54, 1.807) is 6.08 Å². The molecule has 0 bridgehead atoms. The maximum Gasteiger partial charge on any atom is 0.0169 e. The SMILES string of the molecule is C=C/C(Br)=C\C=C1\C=CC(CC)=CC1. The van der Waals surface area contributed by atoms with Crippen LogP contribution in [0, 0.1) is 0 Å². The molecule has 0 amide bonds. The molecule has 74 valence electrons. The Morgan fingerprint density at radius 1 is 1.57 bits per heavy atom. The molecule has 0 N–H and O–H groups in total. The van der Waals surface area contributed by atoms with Gasteiger partial charge in [-0.15, -0.1) is 0 Å². The molecule has 0 nitrogen and oxygen atoms in total. The number of halogens is 1. The Hall–Kier alpha value is -0.820. The lowest BCUT2D eigenvalue weighted by molar-refractivity contribution is 1.09. The van der Waals surface area contributed by atoms with Gasteiger partial charge in [0.2, 0.25) is 0 Å². The van der Waals surface area contributed by atoms with Crippen LogP contribution in [-0.2, 0) is 0 Å². The Morgan fingerprint density at radius 2 is 2.36 bits per heavy atom. The lowest BCUT2D eigenvalue weighted by Gasteiger charge is -2.06. The summed E-state index contributed by atoms with van der Waals surface area (Å²) in [6.07, 6.45) is 14.7. The van der Waals surface area contributed by atoms with Crippen LogP contribution in [0.15, 0.2) is 58.7 Å². The van der Waals surface area contributed by atoms with Crippen LogP contribution in [0.25, 0.3) is 0 Å². The summed E-state index contributed by atoms with van der Waals surface area (Å²) in [7, 11) is 0. The average molecular weight is 251 g/mol. The molecule has 1 heteroatoms. The van der Waals surface area contributed by atoms with Gasteiger partial charge in [-0.2, -0.15) is 0 Å². The van der Waals surface area contributed by atoms with Gasteiger partial charge in [0.05, 0.1) is 0 Å². The molecule has 0 atom stereocenters. The highest BCUT2D eigenvalue weighted by Crippen LogP contribution is 2.18. The Bertz CT molecular complexity index is 327. The molecular formula is C13H15Br. The van der Waals surface area contributed by atoms with Gasteiger partial charge in [-0.3, -0.25) is 0 Å². The summed E-state index contributed by atoms with van der Waals surface area (Å²) in [6, 6.07) is 0. The zero-order valence-electron chi connectivity index (χ0n) is 8.46. The van der Waals surface area contributed by atoms with E-state index in [9.17, 15) is 0 Å². The maximum atomic E-state index is 3.68. The van der Waals surface area contributed by atoms with Crippen molar-refractivity contribution in [2.24, 2.45) is 0 Å². The van der Waals surface area contributed by atoms with Crippen LogP contribution < -0.4 is 0 Å². The van der Waals surface area contributed by atoms with Gasteiger partial charge in [-0.1, -0.05) is 65.4 Å². The third-order valence-electron chi connectivity index (χ3n) is 2.17. The van der Waals surface area contributed by atoms with Crippen LogP contribution in [-0.4, -0.2) is 0 Å². The third-order valence-corrected chi connectivity index (χ3v) is 2.76. The zero-order valence-corrected chi connectivity index (χ0v) is 10.0. The number of hydrogen-bond acceptors (Lipinski definition) is 0. The Morgan fingerprint density at radius 3 is 2.86 bits per heavy atom. The lowest BCUT2D eigenvalue weighted by atomic mass is 10.0. The van der Waals surface area contributed by atoms with E-state index < -0.39 is 0 Å². The minimum absolute atomic E-state index is 1.02. The van der Waals surface area contributed by atoms with Gasteiger partial charge in [0.15, 0.2) is 0 Å². The van der Waals surface area contributed by atoms with Crippen molar-refractivity contribution in [2.75, 3.05) is 0 Å². The fraction of sp³-hybridized carbons (Fsp3) is 0.231. The first-order valence-corrected chi connectivity index (χ1v) is 5.61. The van der Waals surface area contributed by atoms with E-state index in [-0.39, 0.29) is 0 Å². The van der Waals surface area contributed by atoms with Crippen molar-refractivity contribution in [1.82, 2.24) is 0 Å². The number of hydrogen-bond donors (Lipinski definition) is 0. The van der Waals surface area contributed by atoms with Crippen molar-refractivity contribution in [3.63, 3.8) is 0 Å². The highest BCUT2D eigenvalue weighted by Gasteiger charge is 1.97. The molecule has 0 fully saturated rings. The molecule has 0 unspecified atom stereocenters. The van der Waals surface area contributed by atoms with Crippen molar-refractivity contribution < 1.29 is 0 Å². The van der Waals surface area contributed by atoms with Crippen LogP contribution >= 0.6 is 15.9 Å². The fourth-order valence-electron chi connectivity index (χ4n) is 1.24. The van der Waals surface area contributed by atoms with E-state index in [1.807, 2.05) is 6.08 Å². The van der Waals surface area contributed by atoms with Gasteiger partial charge in [0, 0.05) is 4.48 Å². The molecule has 0 aliphatic heterocycles. The standard InChI is InChI=1S/C13H15Br/c1-3-11-5-7-12(8-6-11)9-10-13(14)4-2/h4-7,9-10H,2-3,8H2,1H3/b12-9-,13-10+. The second kappa shape index (κ2) is 5.82. The lowest BCUT2D eigenvalue weighted by Crippen LogP contribution is -1.86. The first-order valence-electron chi connectivity index (χ1n) is 4.82. The minimum atomic E-state index is 1.02. The van der Waals surface area contributed by atoms with Crippen molar-refractivity contribution in [1.29, 1.82) is 0 Å². The average Bonchev–Trinajstić information content (AvgIpc) is 2.26. The smallest absolute Gasteiger partial charge is 0.0169 e. The summed E-state index contributed by atoms with van der Waals surface area (Å²) < 4.78 is 1.02. The first-order chi connectivity index (χ1) is 6.76. The van der Waals surface area contributed by atoms with Crippen LogP contribution in [0.5, 0.6) is 0 Å². The third kappa shape index (κ3) is 3.51. The van der Waals surface area contributed by atoms with Gasteiger partial charge in [-0.05, 0) is 24.5 Å². The van der Waals surface area contributed by atoms with Crippen LogP contribution in [0.4, 0.5) is 0 Å². The van der Waals surface area contributed by atoms with Crippen molar-refractivity contribution >= 4 is 15.9 Å². The predicted molar refractivity (Wildman–Crippen MR) is 67.4 cm³/mol. The molecule has 0 spiro atoms. The maximum absolute atomic E-state index is 3.68. The molecule has 0 radical (unpaired) electrons. The molecule has 1 rings (SSSR count). The summed E-state index contributed by atoms with van der Waals surface area (Å²) in [4.78, 5) is 0. The summed E-state index contributed by atoms with van der Waals surface area (Å²) in [6.45, 7) is 5.85. The largest absolute Gasteiger partial charge is 0.0979 e. The van der Waals surface area contributed by atoms with Crippen LogP contribution in [0.1, 0.15) is 19.8 Å². The van der Waals surface area contributed by atoms with Crippen molar-refractivity contribution in [3.05, 3.63) is 58.7 Å². The Labute approximate surface area is 94.5 Å². The van der Waals surface area contributed by atoms with E-state index in [4.69, 9.17) is 0 Å². The summed E-state index contributed by atoms with van der Waals surface area (Å²) in [5.41, 5.74) is 2.76. The molecule has 14 heavy (non-hydrogen) atoms. The van der Waals surface area contributed by atoms with Crippen molar-refractivity contribution in [3.8, 4) is 0 Å². The normalized spacial score (nSPS) is 19.7. The Balaban J connectivity index is 2.64. The van der Waals surface area contributed by atoms with E-state index in [2.05, 4.69) is 53.7 Å². The van der Waals surface area contributed by atoms with Gasteiger partial charge in [0.1, 0.15) is 0 Å². The molecule has 0 heterocycles. The van der Waals surface area contributed by atoms with E-state index in [0.29, 0.717) is 0 Å². The van der Waals surface area contributed by atoms with E-state index in [1.165, 1.54) is 11.1 Å². The van der Waals surface area contributed by atoms with Crippen LogP contribution in [0.3, 0.4) is 0 Å². The van der Waals surface area contributed by atoms with E-state index in [0.717, 1.165) is 17.3 Å². The molecule has 0 aromatic carbocycles. The molecular weight excluding hydrogens is 236 g/mol. The molecule has 0 aromatic rings. The van der Waals surface area contributed by atoms with Gasteiger partial charge in [0.25, 0.3) is 0 Å². The molecule has 0 aromatic heterocycles. The number of rotatable bonds is 3. The van der Waals surface area contributed by atoms with Crippen molar-refractivity contribution in [2.45, 2.75) is 19.8 Å². The van der Waals surface area contributed by atoms with Crippen LogP contribution in [0.2, 0.25) is 0 Å².